The second kappa shape index (κ2) is 3.19. The monoisotopic (exact) mass is 105 g/mol. The maximum Gasteiger partial charge on any atom is 0.0411 e. The minimum atomic E-state index is -0.0355. The van der Waals surface area contributed by atoms with E-state index >= 15 is 0 Å². The molecule has 0 aromatic carbocycles. The number of rotatable bonds is 2. The van der Waals surface area contributed by atoms with Crippen LogP contribution >= 0.6 is 11.6 Å². The number of halogens is 1. The molecule has 0 spiro atoms. The van der Waals surface area contributed by atoms with Gasteiger partial charge in [0.15, 0.2) is 0 Å². The molecule has 0 aliphatic heterocycles. The third-order valence-electron chi connectivity index (χ3n) is 0.481. The summed E-state index contributed by atoms with van der Waals surface area (Å²) in [6.45, 7) is 3.42. The smallest absolute Gasteiger partial charge is 0.0411 e. The minimum Gasteiger partial charge on any atom is -0.323 e. The molecule has 0 aromatic heterocycles. The Morgan fingerprint density at radius 2 is 2.50 bits per heavy atom. The fraction of sp³-hybridized carbons (Fsp3) is 0.500. The standard InChI is InChI=1S/C4H8ClN/c1-2-4(6)3-5/h2,4H,1,3,6H2. The lowest BCUT2D eigenvalue weighted by atomic mass is 10.4. The van der Waals surface area contributed by atoms with Gasteiger partial charge in [-0.05, 0) is 0 Å². The van der Waals surface area contributed by atoms with Gasteiger partial charge in [-0.2, -0.15) is 0 Å². The Kier molecular flexibility index (Phi) is 3.19. The normalized spacial score (nSPS) is 13.7. The van der Waals surface area contributed by atoms with Crippen molar-refractivity contribution in [3.63, 3.8) is 0 Å². The molecule has 36 valence electrons. The Labute approximate surface area is 42.8 Å². The highest BCUT2D eigenvalue weighted by Crippen LogP contribution is 1.80. The van der Waals surface area contributed by atoms with Gasteiger partial charge in [0, 0.05) is 11.9 Å². The highest BCUT2D eigenvalue weighted by Gasteiger charge is 1.86. The van der Waals surface area contributed by atoms with Gasteiger partial charge in [-0.1, -0.05) is 6.08 Å². The Bertz CT molecular complexity index is 44.8. The molecule has 6 heavy (non-hydrogen) atoms. The molecule has 0 aromatic rings. The van der Waals surface area contributed by atoms with Gasteiger partial charge in [0.2, 0.25) is 0 Å². The lowest BCUT2D eigenvalue weighted by molar-refractivity contribution is 0.938. The van der Waals surface area contributed by atoms with Crippen LogP contribution in [0.3, 0.4) is 0 Å². The second-order valence-corrected chi connectivity index (χ2v) is 1.36. The van der Waals surface area contributed by atoms with Crippen LogP contribution in [0.1, 0.15) is 0 Å². The van der Waals surface area contributed by atoms with Crippen molar-refractivity contribution in [3.05, 3.63) is 12.7 Å². The predicted molar refractivity (Wildman–Crippen MR) is 28.9 cm³/mol. The summed E-state index contributed by atoms with van der Waals surface area (Å²) < 4.78 is 0. The number of hydrogen-bond acceptors (Lipinski definition) is 1. The van der Waals surface area contributed by atoms with Crippen molar-refractivity contribution < 1.29 is 0 Å². The Balaban J connectivity index is 2.96. The molecule has 2 N–H and O–H groups in total. The molecule has 0 fully saturated rings. The van der Waals surface area contributed by atoms with Crippen LogP contribution in [-0.4, -0.2) is 11.9 Å². The van der Waals surface area contributed by atoms with E-state index in [9.17, 15) is 0 Å². The van der Waals surface area contributed by atoms with Gasteiger partial charge in [-0.3, -0.25) is 0 Å². The van der Waals surface area contributed by atoms with Gasteiger partial charge >= 0.3 is 0 Å². The van der Waals surface area contributed by atoms with E-state index in [0.29, 0.717) is 5.88 Å². The van der Waals surface area contributed by atoms with Crippen molar-refractivity contribution in [3.8, 4) is 0 Å². The molecule has 1 atom stereocenters. The van der Waals surface area contributed by atoms with E-state index in [1.165, 1.54) is 0 Å². The zero-order chi connectivity index (χ0) is 4.99. The van der Waals surface area contributed by atoms with Crippen LogP contribution < -0.4 is 5.73 Å². The van der Waals surface area contributed by atoms with E-state index in [-0.39, 0.29) is 6.04 Å². The average molecular weight is 106 g/mol. The molecule has 0 aliphatic rings. The summed E-state index contributed by atoms with van der Waals surface area (Å²) in [7, 11) is 0. The summed E-state index contributed by atoms with van der Waals surface area (Å²) in [6.07, 6.45) is 1.62. The molecule has 0 rings (SSSR count). The van der Waals surface area contributed by atoms with Crippen molar-refractivity contribution in [1.82, 2.24) is 0 Å². The van der Waals surface area contributed by atoms with E-state index in [1.807, 2.05) is 0 Å². The summed E-state index contributed by atoms with van der Waals surface area (Å²) in [5.41, 5.74) is 5.22. The molecule has 0 saturated heterocycles. The molecule has 0 radical (unpaired) electrons. The van der Waals surface area contributed by atoms with E-state index in [4.69, 9.17) is 17.3 Å². The Morgan fingerprint density at radius 1 is 2.00 bits per heavy atom. The van der Waals surface area contributed by atoms with E-state index in [0.717, 1.165) is 0 Å². The Hall–Kier alpha value is -0.0100. The molecular weight excluding hydrogens is 97.5 g/mol. The largest absolute Gasteiger partial charge is 0.323 e. The van der Waals surface area contributed by atoms with Crippen LogP contribution in [0.5, 0.6) is 0 Å². The minimum absolute atomic E-state index is 0.0355. The molecule has 0 aliphatic carbocycles. The van der Waals surface area contributed by atoms with Crippen molar-refractivity contribution in [2.75, 3.05) is 5.88 Å². The molecule has 0 amide bonds. The average Bonchev–Trinajstić information content (AvgIpc) is 1.65. The second-order valence-electron chi connectivity index (χ2n) is 1.05. The third kappa shape index (κ3) is 2.24. The van der Waals surface area contributed by atoms with Gasteiger partial charge in [0.1, 0.15) is 0 Å². The van der Waals surface area contributed by atoms with Gasteiger partial charge < -0.3 is 5.73 Å². The van der Waals surface area contributed by atoms with Gasteiger partial charge in [0.05, 0.1) is 0 Å². The lowest BCUT2D eigenvalue weighted by Crippen LogP contribution is -2.17. The fourth-order valence-electron chi connectivity index (χ4n) is 0.0630. The Morgan fingerprint density at radius 3 is 2.50 bits per heavy atom. The van der Waals surface area contributed by atoms with E-state index < -0.39 is 0 Å². The van der Waals surface area contributed by atoms with Crippen molar-refractivity contribution >= 4 is 11.6 Å². The zero-order valence-corrected chi connectivity index (χ0v) is 4.28. The van der Waals surface area contributed by atoms with Crippen LogP contribution in [0.15, 0.2) is 12.7 Å². The van der Waals surface area contributed by atoms with Crippen LogP contribution in [0.4, 0.5) is 0 Å². The first-order valence-corrected chi connectivity index (χ1v) is 2.28. The molecule has 1 unspecified atom stereocenters. The molecular formula is C4H8ClN. The zero-order valence-electron chi connectivity index (χ0n) is 3.52. The topological polar surface area (TPSA) is 26.0 Å². The predicted octanol–water partition coefficient (Wildman–Crippen LogP) is 0.739. The highest BCUT2D eigenvalue weighted by molar-refractivity contribution is 6.18. The lowest BCUT2D eigenvalue weighted by Gasteiger charge is -1.93. The van der Waals surface area contributed by atoms with Crippen LogP contribution in [-0.2, 0) is 0 Å². The van der Waals surface area contributed by atoms with Crippen LogP contribution in [0.2, 0.25) is 0 Å². The van der Waals surface area contributed by atoms with Crippen molar-refractivity contribution in [2.45, 2.75) is 6.04 Å². The fourth-order valence-corrected chi connectivity index (χ4v) is 0.189. The maximum absolute atomic E-state index is 5.26. The quantitative estimate of drug-likeness (QED) is 0.407. The molecule has 1 nitrogen and oxygen atoms in total. The van der Waals surface area contributed by atoms with Gasteiger partial charge in [0.25, 0.3) is 0 Å². The van der Waals surface area contributed by atoms with Crippen molar-refractivity contribution in [2.24, 2.45) is 5.73 Å². The first kappa shape index (κ1) is 5.99. The molecule has 2 heteroatoms. The maximum atomic E-state index is 5.26. The molecule has 0 heterocycles. The van der Waals surface area contributed by atoms with Crippen LogP contribution in [0, 0.1) is 0 Å². The molecule has 0 saturated carbocycles. The van der Waals surface area contributed by atoms with Gasteiger partial charge in [-0.25, -0.2) is 0 Å². The summed E-state index contributed by atoms with van der Waals surface area (Å²) in [4.78, 5) is 0. The third-order valence-corrected chi connectivity index (χ3v) is 0.837. The first-order valence-electron chi connectivity index (χ1n) is 1.75. The number of nitrogens with two attached hydrogens (primary N) is 1. The number of hydrogen-bond donors (Lipinski definition) is 1. The summed E-state index contributed by atoms with van der Waals surface area (Å²) in [6, 6.07) is -0.0355. The van der Waals surface area contributed by atoms with Crippen LogP contribution in [0.25, 0.3) is 0 Å². The number of alkyl halides is 1. The van der Waals surface area contributed by atoms with Gasteiger partial charge in [-0.15, -0.1) is 18.2 Å². The van der Waals surface area contributed by atoms with E-state index in [2.05, 4.69) is 6.58 Å². The highest BCUT2D eigenvalue weighted by atomic mass is 35.5. The first-order chi connectivity index (χ1) is 2.81. The SMILES string of the molecule is C=CC(N)CCl. The summed E-state index contributed by atoms with van der Waals surface area (Å²) in [5, 5.41) is 0. The molecule has 0 bridgehead atoms. The summed E-state index contributed by atoms with van der Waals surface area (Å²) in [5.74, 6) is 0.462. The summed E-state index contributed by atoms with van der Waals surface area (Å²) >= 11 is 5.26. The van der Waals surface area contributed by atoms with E-state index in [1.54, 1.807) is 6.08 Å². The van der Waals surface area contributed by atoms with Crippen molar-refractivity contribution in [1.29, 1.82) is 0 Å².